The lowest BCUT2D eigenvalue weighted by molar-refractivity contribution is -0.133. The van der Waals surface area contributed by atoms with Crippen LogP contribution in [0, 0.1) is 13.8 Å². The highest BCUT2D eigenvalue weighted by molar-refractivity contribution is 9.10. The molecule has 1 aromatic rings. The summed E-state index contributed by atoms with van der Waals surface area (Å²) >= 11 is 3.33. The van der Waals surface area contributed by atoms with Gasteiger partial charge in [-0.25, -0.2) is 0 Å². The molecule has 0 aliphatic carbocycles. The van der Waals surface area contributed by atoms with Gasteiger partial charge in [-0.15, -0.1) is 0 Å². The quantitative estimate of drug-likeness (QED) is 0.702. The molecule has 2 heterocycles. The number of ether oxygens (including phenoxy) is 1. The molecule has 0 bridgehead atoms. The van der Waals surface area contributed by atoms with E-state index >= 15 is 0 Å². The van der Waals surface area contributed by atoms with E-state index in [1.54, 1.807) is 0 Å². The van der Waals surface area contributed by atoms with Crippen molar-refractivity contribution in [1.82, 2.24) is 4.90 Å². The zero-order valence-corrected chi connectivity index (χ0v) is 15.4. The summed E-state index contributed by atoms with van der Waals surface area (Å²) in [5, 5.41) is 0. The minimum Gasteiger partial charge on any atom is -0.486 e. The van der Waals surface area contributed by atoms with E-state index in [2.05, 4.69) is 22.0 Å². The molecule has 1 atom stereocenters. The minimum absolute atomic E-state index is 0.106. The number of alkyl halides is 1. The molecule has 0 aromatic heterocycles. The van der Waals surface area contributed by atoms with E-state index in [4.69, 9.17) is 4.74 Å². The molecular formula is C18H22BrNO3. The van der Waals surface area contributed by atoms with E-state index < -0.39 is 5.60 Å². The minimum atomic E-state index is -0.448. The first-order valence-corrected chi connectivity index (χ1v) is 8.99. The van der Waals surface area contributed by atoms with Crippen molar-refractivity contribution < 1.29 is 14.3 Å². The first-order chi connectivity index (χ1) is 10.8. The Kier molecular flexibility index (Phi) is 4.25. The SMILES string of the molecule is Cc1cc(C)c2c(c1)C(=O)CC1(CCN(C(=O)C(C)Br)CC1)O2. The summed E-state index contributed by atoms with van der Waals surface area (Å²) in [6.45, 7) is 7.11. The second-order valence-corrected chi connectivity index (χ2v) is 8.16. The van der Waals surface area contributed by atoms with Gasteiger partial charge in [-0.3, -0.25) is 9.59 Å². The summed E-state index contributed by atoms with van der Waals surface area (Å²) < 4.78 is 6.33. The van der Waals surface area contributed by atoms with Gasteiger partial charge >= 0.3 is 0 Å². The second kappa shape index (κ2) is 5.93. The van der Waals surface area contributed by atoms with E-state index in [1.165, 1.54) is 0 Å². The number of nitrogens with zero attached hydrogens (tertiary/aromatic N) is 1. The van der Waals surface area contributed by atoms with Gasteiger partial charge in [0.1, 0.15) is 11.4 Å². The van der Waals surface area contributed by atoms with Crippen molar-refractivity contribution in [3.05, 3.63) is 28.8 Å². The molecule has 3 rings (SSSR count). The van der Waals surface area contributed by atoms with Gasteiger partial charge in [0.05, 0.1) is 16.8 Å². The average molecular weight is 380 g/mol. The fourth-order valence-electron chi connectivity index (χ4n) is 3.60. The predicted octanol–water partition coefficient (Wildman–Crippen LogP) is 3.41. The number of hydrogen-bond acceptors (Lipinski definition) is 3. The van der Waals surface area contributed by atoms with Crippen LogP contribution in [-0.4, -0.2) is 40.1 Å². The molecule has 0 N–H and O–H groups in total. The van der Waals surface area contributed by atoms with Crippen LogP contribution >= 0.6 is 15.9 Å². The molecule has 0 radical (unpaired) electrons. The van der Waals surface area contributed by atoms with Gasteiger partial charge in [-0.05, 0) is 38.0 Å². The zero-order chi connectivity index (χ0) is 16.8. The number of amides is 1. The van der Waals surface area contributed by atoms with E-state index in [0.29, 0.717) is 37.9 Å². The third kappa shape index (κ3) is 3.03. The number of likely N-dealkylation sites (tertiary alicyclic amines) is 1. The number of fused-ring (bicyclic) bond motifs is 1. The third-order valence-electron chi connectivity index (χ3n) is 4.85. The summed E-state index contributed by atoms with van der Waals surface area (Å²) in [7, 11) is 0. The molecular weight excluding hydrogens is 358 g/mol. The molecule has 2 aliphatic rings. The van der Waals surface area contributed by atoms with Crippen LogP contribution in [0.4, 0.5) is 0 Å². The summed E-state index contributed by atoms with van der Waals surface area (Å²) in [4.78, 5) is 26.4. The van der Waals surface area contributed by atoms with E-state index in [-0.39, 0.29) is 16.5 Å². The topological polar surface area (TPSA) is 46.6 Å². The van der Waals surface area contributed by atoms with Crippen LogP contribution in [0.25, 0.3) is 0 Å². The van der Waals surface area contributed by atoms with Crippen molar-refractivity contribution in [3.63, 3.8) is 0 Å². The molecule has 23 heavy (non-hydrogen) atoms. The second-order valence-electron chi connectivity index (χ2n) is 6.78. The van der Waals surface area contributed by atoms with Crippen LogP contribution in [0.3, 0.4) is 0 Å². The van der Waals surface area contributed by atoms with E-state index in [9.17, 15) is 9.59 Å². The lowest BCUT2D eigenvalue weighted by Gasteiger charge is -2.44. The Balaban J connectivity index is 1.81. The van der Waals surface area contributed by atoms with Gasteiger partial charge in [0.25, 0.3) is 0 Å². The smallest absolute Gasteiger partial charge is 0.236 e. The fourth-order valence-corrected chi connectivity index (χ4v) is 3.89. The molecule has 0 saturated carbocycles. The average Bonchev–Trinajstić information content (AvgIpc) is 2.49. The molecule has 1 fully saturated rings. The Hall–Kier alpha value is -1.36. The van der Waals surface area contributed by atoms with Crippen LogP contribution in [0.5, 0.6) is 5.75 Å². The highest BCUT2D eigenvalue weighted by Gasteiger charge is 2.44. The van der Waals surface area contributed by atoms with Crippen LogP contribution < -0.4 is 4.74 Å². The first-order valence-electron chi connectivity index (χ1n) is 8.08. The molecule has 2 aliphatic heterocycles. The van der Waals surface area contributed by atoms with Crippen molar-refractivity contribution in [2.45, 2.75) is 50.5 Å². The molecule has 1 spiro atoms. The Morgan fingerprint density at radius 2 is 1.96 bits per heavy atom. The lowest BCUT2D eigenvalue weighted by Crippen LogP contribution is -2.53. The maximum atomic E-state index is 12.6. The van der Waals surface area contributed by atoms with Crippen molar-refractivity contribution in [3.8, 4) is 5.75 Å². The number of carbonyl (C=O) groups is 2. The molecule has 4 nitrogen and oxygen atoms in total. The van der Waals surface area contributed by atoms with Gasteiger partial charge < -0.3 is 9.64 Å². The summed E-state index contributed by atoms with van der Waals surface area (Å²) in [6, 6.07) is 3.97. The molecule has 5 heteroatoms. The Morgan fingerprint density at radius 3 is 2.57 bits per heavy atom. The molecule has 1 unspecified atom stereocenters. The summed E-state index contributed by atoms with van der Waals surface area (Å²) in [5.74, 6) is 1.00. The van der Waals surface area contributed by atoms with Crippen molar-refractivity contribution >= 4 is 27.6 Å². The van der Waals surface area contributed by atoms with E-state index in [1.807, 2.05) is 31.7 Å². The van der Waals surface area contributed by atoms with Crippen molar-refractivity contribution in [2.24, 2.45) is 0 Å². The van der Waals surface area contributed by atoms with Crippen LogP contribution in [0.2, 0.25) is 0 Å². The number of aryl methyl sites for hydroxylation is 2. The number of carbonyl (C=O) groups excluding carboxylic acids is 2. The van der Waals surface area contributed by atoms with Crippen molar-refractivity contribution in [1.29, 1.82) is 0 Å². The van der Waals surface area contributed by atoms with Gasteiger partial charge in [-0.2, -0.15) is 0 Å². The maximum Gasteiger partial charge on any atom is 0.236 e. The molecule has 1 saturated heterocycles. The van der Waals surface area contributed by atoms with Crippen LogP contribution in [0.15, 0.2) is 12.1 Å². The third-order valence-corrected chi connectivity index (χ3v) is 5.24. The number of ketones is 1. The summed E-state index contributed by atoms with van der Waals surface area (Å²) in [6.07, 6.45) is 1.82. The number of benzene rings is 1. The molecule has 1 amide bonds. The largest absolute Gasteiger partial charge is 0.486 e. The Labute approximate surface area is 145 Å². The standard InChI is InChI=1S/C18H22BrNO3/c1-11-8-12(2)16-14(9-11)15(21)10-18(23-16)4-6-20(7-5-18)17(22)13(3)19/h8-9,13H,4-7,10H2,1-3H3. The van der Waals surface area contributed by atoms with Crippen molar-refractivity contribution in [2.75, 3.05) is 13.1 Å². The fraction of sp³-hybridized carbons (Fsp3) is 0.556. The van der Waals surface area contributed by atoms with Gasteiger partial charge in [0.15, 0.2) is 5.78 Å². The highest BCUT2D eigenvalue weighted by Crippen LogP contribution is 2.41. The van der Waals surface area contributed by atoms with Gasteiger partial charge in [0, 0.05) is 25.9 Å². The number of halogens is 1. The van der Waals surface area contributed by atoms with Crippen LogP contribution in [-0.2, 0) is 4.79 Å². The van der Waals surface area contributed by atoms with Crippen LogP contribution in [0.1, 0.15) is 47.7 Å². The normalized spacial score (nSPS) is 20.9. The number of hydrogen-bond donors (Lipinski definition) is 0. The summed E-state index contributed by atoms with van der Waals surface area (Å²) in [5.41, 5.74) is 2.36. The highest BCUT2D eigenvalue weighted by atomic mass is 79.9. The zero-order valence-electron chi connectivity index (χ0n) is 13.8. The number of rotatable bonds is 1. The lowest BCUT2D eigenvalue weighted by atomic mass is 9.81. The predicted molar refractivity (Wildman–Crippen MR) is 92.4 cm³/mol. The monoisotopic (exact) mass is 379 g/mol. The van der Waals surface area contributed by atoms with Gasteiger partial charge in [0.2, 0.25) is 5.91 Å². The first kappa shape index (κ1) is 16.5. The Morgan fingerprint density at radius 1 is 1.30 bits per heavy atom. The van der Waals surface area contributed by atoms with E-state index in [0.717, 1.165) is 16.9 Å². The molecule has 1 aromatic carbocycles. The maximum absolute atomic E-state index is 12.6. The number of piperidine rings is 1. The van der Waals surface area contributed by atoms with Gasteiger partial charge in [-0.1, -0.05) is 22.0 Å². The molecule has 124 valence electrons. The Bertz CT molecular complexity index is 660. The number of Topliss-reactive ketones (excluding diaryl/α,β-unsaturated/α-hetero) is 1.